The van der Waals surface area contributed by atoms with Gasteiger partial charge in [0, 0.05) is 37.2 Å². The van der Waals surface area contributed by atoms with Gasteiger partial charge in [0.05, 0.1) is 6.61 Å². The highest BCUT2D eigenvalue weighted by molar-refractivity contribution is 5.94. The fraction of sp³-hybridized carbons (Fsp3) is 0.588. The van der Waals surface area contributed by atoms with Gasteiger partial charge < -0.3 is 19.9 Å². The molecular formula is C17H23NO4. The van der Waals surface area contributed by atoms with Crippen molar-refractivity contribution >= 4 is 5.91 Å². The summed E-state index contributed by atoms with van der Waals surface area (Å²) in [6.07, 6.45) is 2.57. The van der Waals surface area contributed by atoms with Crippen LogP contribution in [0.3, 0.4) is 0 Å². The van der Waals surface area contributed by atoms with Crippen LogP contribution in [0.15, 0.2) is 18.2 Å². The predicted octanol–water partition coefficient (Wildman–Crippen LogP) is 1.53. The lowest BCUT2D eigenvalue weighted by Crippen LogP contribution is -2.43. The van der Waals surface area contributed by atoms with E-state index in [1.807, 2.05) is 19.1 Å². The zero-order chi connectivity index (χ0) is 15.6. The number of hydrogen-bond acceptors (Lipinski definition) is 4. The first-order valence-electron chi connectivity index (χ1n) is 7.88. The van der Waals surface area contributed by atoms with Crippen molar-refractivity contribution in [3.63, 3.8) is 0 Å². The number of hydrogen-bond donors (Lipinski definition) is 2. The highest BCUT2D eigenvalue weighted by atomic mass is 16.5. The Bertz CT molecular complexity index is 552. The summed E-state index contributed by atoms with van der Waals surface area (Å²) in [5, 5.41) is 12.6. The quantitative estimate of drug-likeness (QED) is 0.885. The van der Waals surface area contributed by atoms with E-state index in [0.717, 1.165) is 30.6 Å². The first-order chi connectivity index (χ1) is 10.6. The maximum Gasteiger partial charge on any atom is 0.251 e. The molecule has 0 bridgehead atoms. The lowest BCUT2D eigenvalue weighted by Gasteiger charge is -2.35. The van der Waals surface area contributed by atoms with Gasteiger partial charge in [0.2, 0.25) is 0 Å². The first kappa shape index (κ1) is 15.3. The van der Waals surface area contributed by atoms with Crippen LogP contribution in [0.25, 0.3) is 0 Å². The molecule has 1 aromatic rings. The number of ether oxygens (including phenoxy) is 2. The fourth-order valence-corrected chi connectivity index (χ4v) is 3.13. The van der Waals surface area contributed by atoms with Crippen molar-refractivity contribution in [2.75, 3.05) is 26.4 Å². The molecule has 2 aliphatic rings. The fourth-order valence-electron chi connectivity index (χ4n) is 3.13. The number of benzene rings is 1. The van der Waals surface area contributed by atoms with Gasteiger partial charge >= 0.3 is 0 Å². The molecule has 0 saturated carbocycles. The molecule has 1 aromatic carbocycles. The Labute approximate surface area is 130 Å². The highest BCUT2D eigenvalue weighted by Crippen LogP contribution is 2.30. The molecule has 0 spiro atoms. The number of carbonyl (C=O) groups excluding carboxylic acids is 1. The van der Waals surface area contributed by atoms with Crippen LogP contribution in [0, 0.1) is 5.41 Å². The third-order valence-corrected chi connectivity index (χ3v) is 4.67. The minimum Gasteiger partial charge on any atom is -0.490 e. The number of rotatable bonds is 4. The molecule has 1 fully saturated rings. The molecule has 2 heterocycles. The lowest BCUT2D eigenvalue weighted by molar-refractivity contribution is -0.0146. The van der Waals surface area contributed by atoms with Crippen molar-refractivity contribution in [1.29, 1.82) is 0 Å². The van der Waals surface area contributed by atoms with E-state index in [0.29, 0.717) is 25.3 Å². The monoisotopic (exact) mass is 305 g/mol. The van der Waals surface area contributed by atoms with E-state index in [1.165, 1.54) is 0 Å². The summed E-state index contributed by atoms with van der Waals surface area (Å²) in [4.78, 5) is 12.4. The van der Waals surface area contributed by atoms with Gasteiger partial charge in [0.1, 0.15) is 11.9 Å². The number of aliphatic hydroxyl groups is 1. The number of carbonyl (C=O) groups is 1. The van der Waals surface area contributed by atoms with Crippen molar-refractivity contribution in [3.8, 4) is 5.75 Å². The molecule has 120 valence electrons. The van der Waals surface area contributed by atoms with Crippen LogP contribution in [0.2, 0.25) is 0 Å². The smallest absolute Gasteiger partial charge is 0.251 e. The second-order valence-corrected chi connectivity index (χ2v) is 6.41. The number of fused-ring (bicyclic) bond motifs is 1. The standard InChI is InChI=1S/C17H23NO4/c1-12-8-14-9-13(2-3-15(14)22-12)16(20)18-10-17(11-19)4-6-21-7-5-17/h2-3,9,12,19H,4-8,10-11H2,1H3,(H,18,20)/t12-/m1/s1. The van der Waals surface area contributed by atoms with E-state index in [1.54, 1.807) is 6.07 Å². The Morgan fingerprint density at radius 1 is 1.41 bits per heavy atom. The predicted molar refractivity (Wildman–Crippen MR) is 82.1 cm³/mol. The number of nitrogens with one attached hydrogen (secondary N) is 1. The maximum atomic E-state index is 12.4. The lowest BCUT2D eigenvalue weighted by atomic mass is 9.81. The van der Waals surface area contributed by atoms with Crippen molar-refractivity contribution in [2.45, 2.75) is 32.3 Å². The number of aliphatic hydroxyl groups excluding tert-OH is 1. The molecule has 0 aromatic heterocycles. The Hall–Kier alpha value is -1.59. The maximum absolute atomic E-state index is 12.4. The van der Waals surface area contributed by atoms with Gasteiger partial charge in [-0.3, -0.25) is 4.79 Å². The Kier molecular flexibility index (Phi) is 4.36. The first-order valence-corrected chi connectivity index (χ1v) is 7.88. The van der Waals surface area contributed by atoms with Gasteiger partial charge in [-0.2, -0.15) is 0 Å². The van der Waals surface area contributed by atoms with E-state index < -0.39 is 0 Å². The third kappa shape index (κ3) is 3.10. The largest absolute Gasteiger partial charge is 0.490 e. The Morgan fingerprint density at radius 2 is 2.18 bits per heavy atom. The summed E-state index contributed by atoms with van der Waals surface area (Å²) in [5.74, 6) is 0.780. The van der Waals surface area contributed by atoms with E-state index in [9.17, 15) is 9.90 Å². The van der Waals surface area contributed by atoms with E-state index >= 15 is 0 Å². The normalized spacial score (nSPS) is 22.7. The molecule has 5 heteroatoms. The van der Waals surface area contributed by atoms with Crippen molar-refractivity contribution < 1.29 is 19.4 Å². The molecule has 22 heavy (non-hydrogen) atoms. The minimum absolute atomic E-state index is 0.0756. The average molecular weight is 305 g/mol. The molecule has 1 atom stereocenters. The summed E-state index contributed by atoms with van der Waals surface area (Å²) >= 11 is 0. The van der Waals surface area contributed by atoms with Crippen LogP contribution in [0.5, 0.6) is 5.75 Å². The van der Waals surface area contributed by atoms with Crippen LogP contribution >= 0.6 is 0 Å². The van der Waals surface area contributed by atoms with Crippen LogP contribution in [-0.2, 0) is 11.2 Å². The van der Waals surface area contributed by atoms with Gasteiger partial charge in [-0.15, -0.1) is 0 Å². The van der Waals surface area contributed by atoms with Crippen LogP contribution in [0.4, 0.5) is 0 Å². The molecule has 1 saturated heterocycles. The van der Waals surface area contributed by atoms with Gasteiger partial charge in [-0.05, 0) is 43.5 Å². The number of amides is 1. The van der Waals surface area contributed by atoms with Crippen molar-refractivity contribution in [2.24, 2.45) is 5.41 Å². The van der Waals surface area contributed by atoms with E-state index in [2.05, 4.69) is 5.32 Å². The SMILES string of the molecule is C[C@@H]1Cc2cc(C(=O)NCC3(CO)CCOCC3)ccc2O1. The summed E-state index contributed by atoms with van der Waals surface area (Å²) in [6, 6.07) is 5.57. The zero-order valence-corrected chi connectivity index (χ0v) is 12.9. The molecule has 1 amide bonds. The second kappa shape index (κ2) is 6.26. The molecule has 0 radical (unpaired) electrons. The topological polar surface area (TPSA) is 67.8 Å². The molecule has 2 N–H and O–H groups in total. The van der Waals surface area contributed by atoms with Crippen LogP contribution in [0.1, 0.15) is 35.7 Å². The van der Waals surface area contributed by atoms with Crippen molar-refractivity contribution in [3.05, 3.63) is 29.3 Å². The van der Waals surface area contributed by atoms with Gasteiger partial charge in [0.25, 0.3) is 5.91 Å². The third-order valence-electron chi connectivity index (χ3n) is 4.67. The Balaban J connectivity index is 1.64. The summed E-state index contributed by atoms with van der Waals surface area (Å²) in [7, 11) is 0. The molecule has 2 aliphatic heterocycles. The minimum atomic E-state index is -0.248. The molecule has 5 nitrogen and oxygen atoms in total. The van der Waals surface area contributed by atoms with Gasteiger partial charge in [-0.25, -0.2) is 0 Å². The van der Waals surface area contributed by atoms with Gasteiger partial charge in [0.15, 0.2) is 0 Å². The summed E-state index contributed by atoms with van der Waals surface area (Å²) in [6.45, 7) is 3.87. The second-order valence-electron chi connectivity index (χ2n) is 6.41. The highest BCUT2D eigenvalue weighted by Gasteiger charge is 2.32. The zero-order valence-electron chi connectivity index (χ0n) is 12.9. The average Bonchev–Trinajstić information content (AvgIpc) is 2.92. The van der Waals surface area contributed by atoms with E-state index in [4.69, 9.17) is 9.47 Å². The van der Waals surface area contributed by atoms with Crippen LogP contribution in [-0.4, -0.2) is 43.5 Å². The van der Waals surface area contributed by atoms with Crippen LogP contribution < -0.4 is 10.1 Å². The van der Waals surface area contributed by atoms with Crippen molar-refractivity contribution in [1.82, 2.24) is 5.32 Å². The molecular weight excluding hydrogens is 282 g/mol. The summed E-state index contributed by atoms with van der Waals surface area (Å²) < 4.78 is 11.0. The molecule has 0 unspecified atom stereocenters. The molecule has 0 aliphatic carbocycles. The Morgan fingerprint density at radius 3 is 2.91 bits per heavy atom. The van der Waals surface area contributed by atoms with E-state index in [-0.39, 0.29) is 24.0 Å². The molecule has 3 rings (SSSR count). The summed E-state index contributed by atoms with van der Waals surface area (Å²) in [5.41, 5.74) is 1.49. The van der Waals surface area contributed by atoms with Gasteiger partial charge in [-0.1, -0.05) is 0 Å².